The SMILES string of the molecule is CSc1ccccc1Nc1cc(N)ncn1. The Kier molecular flexibility index (Phi) is 3.26. The van der Waals surface area contributed by atoms with Crippen molar-refractivity contribution in [2.45, 2.75) is 4.90 Å². The van der Waals surface area contributed by atoms with Crippen LogP contribution in [0.25, 0.3) is 0 Å². The number of nitrogen functional groups attached to an aromatic ring is 1. The number of anilines is 3. The van der Waals surface area contributed by atoms with Crippen LogP contribution >= 0.6 is 11.8 Å². The fourth-order valence-corrected chi connectivity index (χ4v) is 1.88. The molecule has 5 heteroatoms. The summed E-state index contributed by atoms with van der Waals surface area (Å²) in [4.78, 5) is 9.11. The zero-order valence-electron chi connectivity index (χ0n) is 8.84. The summed E-state index contributed by atoms with van der Waals surface area (Å²) in [5.41, 5.74) is 6.61. The van der Waals surface area contributed by atoms with Crippen molar-refractivity contribution in [3.05, 3.63) is 36.7 Å². The van der Waals surface area contributed by atoms with Crippen LogP contribution in [0, 0.1) is 0 Å². The van der Waals surface area contributed by atoms with E-state index in [0.29, 0.717) is 11.6 Å². The molecule has 4 nitrogen and oxygen atoms in total. The minimum absolute atomic E-state index is 0.458. The molecular formula is C11H12N4S. The van der Waals surface area contributed by atoms with E-state index < -0.39 is 0 Å². The monoisotopic (exact) mass is 232 g/mol. The second-order valence-corrected chi connectivity index (χ2v) is 4.00. The Balaban J connectivity index is 2.26. The molecule has 0 fully saturated rings. The number of hydrogen-bond acceptors (Lipinski definition) is 5. The predicted octanol–water partition coefficient (Wildman–Crippen LogP) is 2.52. The Bertz CT molecular complexity index is 487. The normalized spacial score (nSPS) is 10.1. The van der Waals surface area contributed by atoms with Gasteiger partial charge in [0.1, 0.15) is 18.0 Å². The number of benzene rings is 1. The fourth-order valence-electron chi connectivity index (χ4n) is 1.33. The van der Waals surface area contributed by atoms with Gasteiger partial charge in [-0.25, -0.2) is 9.97 Å². The van der Waals surface area contributed by atoms with E-state index in [0.717, 1.165) is 5.69 Å². The number of aromatic nitrogens is 2. The zero-order chi connectivity index (χ0) is 11.4. The van der Waals surface area contributed by atoms with Crippen molar-refractivity contribution < 1.29 is 0 Å². The summed E-state index contributed by atoms with van der Waals surface area (Å²) in [5, 5.41) is 3.21. The molecule has 0 aliphatic rings. The van der Waals surface area contributed by atoms with Gasteiger partial charge in [0, 0.05) is 11.0 Å². The molecule has 0 unspecified atom stereocenters. The third kappa shape index (κ3) is 2.43. The highest BCUT2D eigenvalue weighted by Gasteiger charge is 2.01. The van der Waals surface area contributed by atoms with Crippen molar-refractivity contribution in [3.8, 4) is 0 Å². The molecule has 2 rings (SSSR count). The molecule has 1 aromatic heterocycles. The zero-order valence-corrected chi connectivity index (χ0v) is 9.66. The predicted molar refractivity (Wildman–Crippen MR) is 68.0 cm³/mol. The molecule has 0 spiro atoms. The summed E-state index contributed by atoms with van der Waals surface area (Å²) < 4.78 is 0. The average molecular weight is 232 g/mol. The van der Waals surface area contributed by atoms with Gasteiger partial charge in [0.25, 0.3) is 0 Å². The van der Waals surface area contributed by atoms with Crippen molar-refractivity contribution in [1.29, 1.82) is 0 Å². The van der Waals surface area contributed by atoms with Crippen LogP contribution in [0.4, 0.5) is 17.3 Å². The van der Waals surface area contributed by atoms with Crippen LogP contribution in [0.2, 0.25) is 0 Å². The molecule has 2 aromatic rings. The van der Waals surface area contributed by atoms with Gasteiger partial charge in [0.15, 0.2) is 0 Å². The molecule has 16 heavy (non-hydrogen) atoms. The van der Waals surface area contributed by atoms with Gasteiger partial charge in [0.2, 0.25) is 0 Å². The van der Waals surface area contributed by atoms with E-state index in [-0.39, 0.29) is 0 Å². The molecule has 0 saturated heterocycles. The van der Waals surface area contributed by atoms with Crippen LogP contribution < -0.4 is 11.1 Å². The number of nitrogens with two attached hydrogens (primary N) is 1. The third-order valence-corrected chi connectivity index (χ3v) is 2.85. The van der Waals surface area contributed by atoms with E-state index in [2.05, 4.69) is 21.4 Å². The highest BCUT2D eigenvalue weighted by Crippen LogP contribution is 2.27. The van der Waals surface area contributed by atoms with Crippen LogP contribution in [0.1, 0.15) is 0 Å². The Morgan fingerprint density at radius 2 is 2.06 bits per heavy atom. The van der Waals surface area contributed by atoms with Crippen LogP contribution in [0.15, 0.2) is 41.6 Å². The van der Waals surface area contributed by atoms with Crippen LogP contribution in [-0.2, 0) is 0 Å². The van der Waals surface area contributed by atoms with E-state index in [4.69, 9.17) is 5.73 Å². The molecule has 0 bridgehead atoms. The second-order valence-electron chi connectivity index (χ2n) is 3.15. The average Bonchev–Trinajstić information content (AvgIpc) is 2.30. The number of thioether (sulfide) groups is 1. The molecule has 0 amide bonds. The fraction of sp³-hybridized carbons (Fsp3) is 0.0909. The summed E-state index contributed by atoms with van der Waals surface area (Å²) in [6.07, 6.45) is 3.48. The molecule has 1 heterocycles. The standard InChI is InChI=1S/C11H12N4S/c1-16-9-5-3-2-4-8(9)15-11-6-10(12)13-7-14-11/h2-7H,1H3,(H3,12,13,14,15). The van der Waals surface area contributed by atoms with Crippen molar-refractivity contribution in [2.75, 3.05) is 17.3 Å². The summed E-state index contributed by atoms with van der Waals surface area (Å²) in [5.74, 6) is 1.16. The minimum atomic E-state index is 0.458. The van der Waals surface area contributed by atoms with E-state index in [1.807, 2.05) is 24.5 Å². The van der Waals surface area contributed by atoms with Gasteiger partial charge in [-0.1, -0.05) is 12.1 Å². The molecule has 1 aromatic carbocycles. The van der Waals surface area contributed by atoms with Gasteiger partial charge in [0.05, 0.1) is 5.69 Å². The maximum atomic E-state index is 5.59. The highest BCUT2D eigenvalue weighted by atomic mass is 32.2. The molecule has 0 aliphatic heterocycles. The second kappa shape index (κ2) is 4.85. The first-order valence-corrected chi connectivity index (χ1v) is 5.99. The maximum Gasteiger partial charge on any atom is 0.135 e. The Morgan fingerprint density at radius 1 is 1.25 bits per heavy atom. The number of rotatable bonds is 3. The third-order valence-electron chi connectivity index (χ3n) is 2.06. The summed E-state index contributed by atoms with van der Waals surface area (Å²) in [7, 11) is 0. The summed E-state index contributed by atoms with van der Waals surface area (Å²) in [6.45, 7) is 0. The number of hydrogen-bond donors (Lipinski definition) is 2. The van der Waals surface area contributed by atoms with Crippen molar-refractivity contribution in [3.63, 3.8) is 0 Å². The number of nitrogens with zero attached hydrogens (tertiary/aromatic N) is 2. The van der Waals surface area contributed by atoms with Crippen LogP contribution in [-0.4, -0.2) is 16.2 Å². The lowest BCUT2D eigenvalue weighted by Gasteiger charge is -2.09. The van der Waals surface area contributed by atoms with Gasteiger partial charge in [-0.3, -0.25) is 0 Å². The first-order chi connectivity index (χ1) is 7.79. The highest BCUT2D eigenvalue weighted by molar-refractivity contribution is 7.98. The number of nitrogens with one attached hydrogen (secondary N) is 1. The molecule has 3 N–H and O–H groups in total. The molecule has 82 valence electrons. The van der Waals surface area contributed by atoms with Gasteiger partial charge in [-0.15, -0.1) is 11.8 Å². The lowest BCUT2D eigenvalue weighted by molar-refractivity contribution is 1.17. The van der Waals surface area contributed by atoms with E-state index in [9.17, 15) is 0 Å². The Morgan fingerprint density at radius 3 is 2.81 bits per heavy atom. The van der Waals surface area contributed by atoms with Gasteiger partial charge in [-0.05, 0) is 18.4 Å². The van der Waals surface area contributed by atoms with Crippen molar-refractivity contribution >= 4 is 29.1 Å². The Labute approximate surface area is 98.3 Å². The van der Waals surface area contributed by atoms with Gasteiger partial charge < -0.3 is 11.1 Å². The van der Waals surface area contributed by atoms with Crippen molar-refractivity contribution in [2.24, 2.45) is 0 Å². The topological polar surface area (TPSA) is 63.8 Å². The molecular weight excluding hydrogens is 220 g/mol. The summed E-state index contributed by atoms with van der Waals surface area (Å²) >= 11 is 1.68. The molecule has 0 radical (unpaired) electrons. The molecule has 0 aliphatic carbocycles. The van der Waals surface area contributed by atoms with E-state index >= 15 is 0 Å². The first-order valence-electron chi connectivity index (χ1n) is 4.77. The first kappa shape index (κ1) is 10.8. The van der Waals surface area contributed by atoms with Crippen molar-refractivity contribution in [1.82, 2.24) is 9.97 Å². The van der Waals surface area contributed by atoms with Crippen LogP contribution in [0.3, 0.4) is 0 Å². The quantitative estimate of drug-likeness (QED) is 0.796. The van der Waals surface area contributed by atoms with Gasteiger partial charge >= 0.3 is 0 Å². The smallest absolute Gasteiger partial charge is 0.135 e. The minimum Gasteiger partial charge on any atom is -0.384 e. The largest absolute Gasteiger partial charge is 0.384 e. The van der Waals surface area contributed by atoms with E-state index in [1.165, 1.54) is 11.2 Å². The van der Waals surface area contributed by atoms with Gasteiger partial charge in [-0.2, -0.15) is 0 Å². The number of para-hydroxylation sites is 1. The molecule has 0 saturated carbocycles. The lowest BCUT2D eigenvalue weighted by Crippen LogP contribution is -1.98. The Hall–Kier alpha value is -1.75. The van der Waals surface area contributed by atoms with E-state index in [1.54, 1.807) is 17.8 Å². The summed E-state index contributed by atoms with van der Waals surface area (Å²) in [6, 6.07) is 9.75. The lowest BCUT2D eigenvalue weighted by atomic mass is 10.3. The maximum absolute atomic E-state index is 5.59. The molecule has 0 atom stereocenters. The van der Waals surface area contributed by atoms with Crippen LogP contribution in [0.5, 0.6) is 0 Å².